The summed E-state index contributed by atoms with van der Waals surface area (Å²) in [5.41, 5.74) is 0.735. The van der Waals surface area contributed by atoms with Gasteiger partial charge in [-0.2, -0.15) is 13.2 Å². The van der Waals surface area contributed by atoms with Gasteiger partial charge in [0.15, 0.2) is 8.32 Å². The number of alkyl halides is 3. The molecule has 0 aromatic heterocycles. The van der Waals surface area contributed by atoms with Gasteiger partial charge in [-0.25, -0.2) is 0 Å². The van der Waals surface area contributed by atoms with Crippen molar-refractivity contribution in [2.75, 3.05) is 0 Å². The van der Waals surface area contributed by atoms with E-state index < -0.39 is 29.6 Å². The topological polar surface area (TPSA) is 9.23 Å². The molecule has 0 fully saturated rings. The number of benzene rings is 1. The summed E-state index contributed by atoms with van der Waals surface area (Å²) in [6, 6.07) is 6.17. The third-order valence-electron chi connectivity index (χ3n) is 2.27. The quantitative estimate of drug-likeness (QED) is 0.749. The zero-order chi connectivity index (χ0) is 14.7. The number of rotatable bonds is 5. The highest BCUT2D eigenvalue weighted by molar-refractivity contribution is 6.82. The summed E-state index contributed by atoms with van der Waals surface area (Å²) in [6.45, 7) is 9.38. The van der Waals surface area contributed by atoms with Crippen LogP contribution in [-0.2, 0) is 4.12 Å². The lowest BCUT2D eigenvalue weighted by molar-refractivity contribution is -0.111. The summed E-state index contributed by atoms with van der Waals surface area (Å²) >= 11 is 0. The van der Waals surface area contributed by atoms with Crippen LogP contribution in [0.25, 0.3) is 6.08 Å². The Morgan fingerprint density at radius 3 is 2.32 bits per heavy atom. The van der Waals surface area contributed by atoms with Gasteiger partial charge in [0, 0.05) is 0 Å². The van der Waals surface area contributed by atoms with Crippen LogP contribution in [0.3, 0.4) is 0 Å². The van der Waals surface area contributed by atoms with Gasteiger partial charge in [0.2, 0.25) is 9.04 Å². The van der Waals surface area contributed by atoms with Crippen LogP contribution in [0.2, 0.25) is 25.7 Å². The van der Waals surface area contributed by atoms with Gasteiger partial charge in [-0.05, 0) is 30.4 Å². The highest BCUT2D eigenvalue weighted by Crippen LogP contribution is 2.24. The summed E-state index contributed by atoms with van der Waals surface area (Å²) in [6.07, 6.45) is -2.62. The van der Waals surface area contributed by atoms with E-state index in [-0.39, 0.29) is 0 Å². The van der Waals surface area contributed by atoms with Gasteiger partial charge in [-0.3, -0.25) is 0 Å². The Labute approximate surface area is 115 Å². The molecule has 0 saturated carbocycles. The van der Waals surface area contributed by atoms with Crippen LogP contribution in [0, 0.1) is 0 Å². The summed E-state index contributed by atoms with van der Waals surface area (Å²) in [5, 5.41) is 0.655. The monoisotopic (exact) mass is 303 g/mol. The second-order valence-electron chi connectivity index (χ2n) is 5.22. The van der Waals surface area contributed by atoms with Gasteiger partial charge in [0.1, 0.15) is 0 Å². The molecular weight excluding hydrogens is 285 g/mol. The fourth-order valence-electron chi connectivity index (χ4n) is 1.67. The average Bonchev–Trinajstić information content (AvgIpc) is 2.24. The first-order valence-electron chi connectivity index (χ1n) is 5.96. The Morgan fingerprint density at radius 1 is 1.26 bits per heavy atom. The van der Waals surface area contributed by atoms with Crippen LogP contribution in [0.5, 0.6) is 0 Å². The van der Waals surface area contributed by atoms with Gasteiger partial charge < -0.3 is 4.12 Å². The first kappa shape index (κ1) is 16.2. The Balaban J connectivity index is 3.11. The zero-order valence-electron chi connectivity index (χ0n) is 11.3. The van der Waals surface area contributed by atoms with Crippen molar-refractivity contribution in [1.82, 2.24) is 0 Å². The third-order valence-corrected chi connectivity index (χ3v) is 7.48. The van der Waals surface area contributed by atoms with Crippen LogP contribution in [0.4, 0.5) is 13.2 Å². The zero-order valence-corrected chi connectivity index (χ0v) is 13.3. The summed E-state index contributed by atoms with van der Waals surface area (Å²) < 4.78 is 44.0. The van der Waals surface area contributed by atoms with Crippen molar-refractivity contribution < 1.29 is 17.3 Å². The molecule has 0 aliphatic carbocycles. The highest BCUT2D eigenvalue weighted by atomic mass is 28.4. The first-order valence-corrected chi connectivity index (χ1v) is 11.0. The number of hydrogen-bond acceptors (Lipinski definition) is 1. The summed E-state index contributed by atoms with van der Waals surface area (Å²) in [5.74, 6) is 0. The smallest absolute Gasteiger partial charge is 0.389 e. The average molecular weight is 303 g/mol. The molecule has 1 aromatic carbocycles. The van der Waals surface area contributed by atoms with Crippen molar-refractivity contribution in [3.63, 3.8) is 0 Å². The van der Waals surface area contributed by atoms with E-state index in [0.29, 0.717) is 5.19 Å². The van der Waals surface area contributed by atoms with Gasteiger partial charge >= 0.3 is 6.18 Å². The number of hydrogen-bond donors (Lipinski definition) is 0. The minimum atomic E-state index is -4.21. The van der Waals surface area contributed by atoms with Crippen LogP contribution in [-0.4, -0.2) is 23.5 Å². The molecule has 0 saturated heterocycles. The lowest BCUT2D eigenvalue weighted by Crippen LogP contribution is -2.46. The third kappa shape index (κ3) is 5.75. The molecule has 0 amide bonds. The molecule has 0 unspecified atom stereocenters. The Kier molecular flexibility index (Phi) is 5.17. The Morgan fingerprint density at radius 2 is 1.84 bits per heavy atom. The van der Waals surface area contributed by atoms with Gasteiger partial charge in [0.25, 0.3) is 0 Å². The van der Waals surface area contributed by atoms with Gasteiger partial charge in [-0.15, -0.1) is 0 Å². The molecule has 6 heteroatoms. The molecule has 0 bridgehead atoms. The Hall–Kier alpha value is -0.856. The molecule has 1 nitrogen and oxygen atoms in total. The molecule has 19 heavy (non-hydrogen) atoms. The van der Waals surface area contributed by atoms with Crippen molar-refractivity contribution in [2.24, 2.45) is 0 Å². The maximum atomic E-state index is 12.7. The van der Waals surface area contributed by atoms with E-state index in [9.17, 15) is 13.2 Å². The summed E-state index contributed by atoms with van der Waals surface area (Å²) in [4.78, 5) is 0. The van der Waals surface area contributed by atoms with E-state index in [1.165, 1.54) is 0 Å². The van der Waals surface area contributed by atoms with Crippen LogP contribution in [0.1, 0.15) is 5.56 Å². The van der Waals surface area contributed by atoms with Gasteiger partial charge in [-0.1, -0.05) is 36.9 Å². The molecule has 0 spiro atoms. The number of halogens is 3. The van der Waals surface area contributed by atoms with Crippen molar-refractivity contribution in [3.8, 4) is 0 Å². The van der Waals surface area contributed by atoms with E-state index in [1.54, 1.807) is 30.3 Å². The standard InChI is InChI=1S/C13H18F3OSi2/c1-5-11-8-6-7-9-12(11)18(10-13(14,15)16)17-19(2,3)4/h5-9H,1,10H2,2-4H3. The predicted octanol–water partition coefficient (Wildman–Crippen LogP) is 3.94. The molecule has 105 valence electrons. The minimum absolute atomic E-state index is 0.655. The normalized spacial score (nSPS) is 12.8. The first-order chi connectivity index (χ1) is 8.62. The molecule has 0 heterocycles. The molecule has 1 radical (unpaired) electrons. The van der Waals surface area contributed by atoms with Crippen molar-refractivity contribution in [3.05, 3.63) is 36.4 Å². The van der Waals surface area contributed by atoms with Crippen LogP contribution in [0.15, 0.2) is 30.8 Å². The Bertz CT molecular complexity index is 422. The van der Waals surface area contributed by atoms with E-state index in [0.717, 1.165) is 5.56 Å². The molecular formula is C13H18F3OSi2. The second kappa shape index (κ2) is 6.06. The molecule has 0 aliphatic rings. The molecule has 0 N–H and O–H groups in total. The van der Waals surface area contributed by atoms with Crippen LogP contribution >= 0.6 is 0 Å². The predicted molar refractivity (Wildman–Crippen MR) is 77.2 cm³/mol. The van der Waals surface area contributed by atoms with Crippen molar-refractivity contribution in [2.45, 2.75) is 31.9 Å². The van der Waals surface area contributed by atoms with E-state index in [2.05, 4.69) is 6.58 Å². The van der Waals surface area contributed by atoms with E-state index in [4.69, 9.17) is 4.12 Å². The second-order valence-corrected chi connectivity index (χ2v) is 12.0. The maximum Gasteiger partial charge on any atom is 0.389 e. The highest BCUT2D eigenvalue weighted by Gasteiger charge is 2.38. The lowest BCUT2D eigenvalue weighted by Gasteiger charge is -2.27. The maximum absolute atomic E-state index is 12.7. The van der Waals surface area contributed by atoms with Crippen LogP contribution < -0.4 is 5.19 Å². The molecule has 1 aromatic rings. The fourth-order valence-corrected chi connectivity index (χ4v) is 6.70. The largest absolute Gasteiger partial charge is 0.452 e. The molecule has 0 atom stereocenters. The molecule has 0 aliphatic heterocycles. The summed E-state index contributed by atoms with van der Waals surface area (Å²) in [7, 11) is -4.14. The van der Waals surface area contributed by atoms with Crippen molar-refractivity contribution >= 4 is 28.6 Å². The fraction of sp³-hybridized carbons (Fsp3) is 0.385. The SMILES string of the molecule is C=Cc1ccccc1[Si](CC(F)(F)F)O[Si](C)(C)C. The van der Waals surface area contributed by atoms with E-state index in [1.807, 2.05) is 19.6 Å². The van der Waals surface area contributed by atoms with Crippen molar-refractivity contribution in [1.29, 1.82) is 0 Å². The lowest BCUT2D eigenvalue weighted by atomic mass is 10.2. The molecule has 1 rings (SSSR count). The van der Waals surface area contributed by atoms with Gasteiger partial charge in [0.05, 0.1) is 6.04 Å². The minimum Gasteiger partial charge on any atom is -0.452 e. The van der Waals surface area contributed by atoms with E-state index >= 15 is 0 Å².